The summed E-state index contributed by atoms with van der Waals surface area (Å²) in [4.78, 5) is 4.38. The number of benzene rings is 2. The first-order chi connectivity index (χ1) is 11.7. The zero-order chi connectivity index (χ0) is 16.8. The Bertz CT molecular complexity index is 808. The van der Waals surface area contributed by atoms with Crippen LogP contribution in [0.25, 0.3) is 0 Å². The van der Waals surface area contributed by atoms with Crippen LogP contribution in [0.4, 0.5) is 17.5 Å². The average Bonchev–Trinajstić information content (AvgIpc) is 2.57. The second kappa shape index (κ2) is 7.95. The van der Waals surface area contributed by atoms with Crippen molar-refractivity contribution < 1.29 is 0 Å². The first-order valence-corrected chi connectivity index (χ1v) is 8.15. The van der Waals surface area contributed by atoms with Crippen LogP contribution >= 0.6 is 23.2 Å². The molecular weight excluding hydrogens is 345 g/mol. The fourth-order valence-electron chi connectivity index (χ4n) is 2.12. The summed E-state index contributed by atoms with van der Waals surface area (Å²) in [5.41, 5.74) is 2.03. The summed E-state index contributed by atoms with van der Waals surface area (Å²) in [6, 6.07) is 15.2. The standard InChI is InChI=1S/C17H15Cl2N5/c18-13-6-4-12(5-7-13)8-9-20-17-23-16(11-21-24-17)22-15-3-1-2-14(19)10-15/h1-7,10-11H,8-9H2,(H2,20,22,23,24). The lowest BCUT2D eigenvalue weighted by Gasteiger charge is -2.08. The highest BCUT2D eigenvalue weighted by molar-refractivity contribution is 6.31. The largest absolute Gasteiger partial charge is 0.353 e. The van der Waals surface area contributed by atoms with E-state index >= 15 is 0 Å². The molecule has 0 radical (unpaired) electrons. The fraction of sp³-hybridized carbons (Fsp3) is 0.118. The van der Waals surface area contributed by atoms with Crippen LogP contribution < -0.4 is 10.6 Å². The van der Waals surface area contributed by atoms with E-state index in [1.165, 1.54) is 5.56 Å². The SMILES string of the molecule is Clc1ccc(CCNc2nncc(Nc3cccc(Cl)c3)n2)cc1. The molecule has 7 heteroatoms. The van der Waals surface area contributed by atoms with Gasteiger partial charge in [0.15, 0.2) is 5.82 Å². The predicted molar refractivity (Wildman–Crippen MR) is 98.2 cm³/mol. The normalized spacial score (nSPS) is 10.4. The lowest BCUT2D eigenvalue weighted by Crippen LogP contribution is -2.09. The number of anilines is 3. The number of nitrogens with one attached hydrogen (secondary N) is 2. The third kappa shape index (κ3) is 4.81. The Balaban J connectivity index is 1.57. The number of rotatable bonds is 6. The first-order valence-electron chi connectivity index (χ1n) is 7.40. The van der Waals surface area contributed by atoms with E-state index in [0.29, 0.717) is 23.3 Å². The third-order valence-corrected chi connectivity index (χ3v) is 3.75. The molecule has 5 nitrogen and oxygen atoms in total. The first kappa shape index (κ1) is 16.5. The minimum atomic E-state index is 0.469. The highest BCUT2D eigenvalue weighted by Gasteiger charge is 2.02. The lowest BCUT2D eigenvalue weighted by atomic mass is 10.1. The van der Waals surface area contributed by atoms with Crippen LogP contribution in [-0.2, 0) is 6.42 Å². The Hall–Kier alpha value is -2.37. The molecule has 0 saturated carbocycles. The van der Waals surface area contributed by atoms with Gasteiger partial charge in [0.1, 0.15) is 0 Å². The molecule has 0 atom stereocenters. The maximum absolute atomic E-state index is 5.97. The van der Waals surface area contributed by atoms with E-state index in [4.69, 9.17) is 23.2 Å². The van der Waals surface area contributed by atoms with Gasteiger partial charge in [0, 0.05) is 22.3 Å². The molecule has 122 valence electrons. The van der Waals surface area contributed by atoms with E-state index in [1.807, 2.05) is 48.5 Å². The fourth-order valence-corrected chi connectivity index (χ4v) is 2.44. The van der Waals surface area contributed by atoms with Gasteiger partial charge in [-0.05, 0) is 42.3 Å². The topological polar surface area (TPSA) is 62.7 Å². The summed E-state index contributed by atoms with van der Waals surface area (Å²) in [5.74, 6) is 1.07. The zero-order valence-corrected chi connectivity index (χ0v) is 14.2. The van der Waals surface area contributed by atoms with E-state index in [2.05, 4.69) is 25.8 Å². The molecule has 1 heterocycles. The van der Waals surface area contributed by atoms with Gasteiger partial charge in [-0.1, -0.05) is 41.4 Å². The second-order valence-corrected chi connectivity index (χ2v) is 5.98. The Morgan fingerprint density at radius 2 is 1.79 bits per heavy atom. The van der Waals surface area contributed by atoms with Crippen LogP contribution in [-0.4, -0.2) is 21.7 Å². The molecule has 0 aliphatic carbocycles. The van der Waals surface area contributed by atoms with Gasteiger partial charge in [0.25, 0.3) is 0 Å². The highest BCUT2D eigenvalue weighted by Crippen LogP contribution is 2.18. The van der Waals surface area contributed by atoms with Gasteiger partial charge in [0.2, 0.25) is 5.95 Å². The second-order valence-electron chi connectivity index (χ2n) is 5.10. The summed E-state index contributed by atoms with van der Waals surface area (Å²) >= 11 is 11.8. The zero-order valence-electron chi connectivity index (χ0n) is 12.7. The van der Waals surface area contributed by atoms with E-state index in [1.54, 1.807) is 6.20 Å². The summed E-state index contributed by atoms with van der Waals surface area (Å²) in [6.07, 6.45) is 2.40. The smallest absolute Gasteiger partial charge is 0.244 e. The van der Waals surface area contributed by atoms with Gasteiger partial charge >= 0.3 is 0 Å². The van der Waals surface area contributed by atoms with Crippen LogP contribution in [0.15, 0.2) is 54.7 Å². The number of halogens is 2. The van der Waals surface area contributed by atoms with Gasteiger partial charge in [-0.25, -0.2) is 0 Å². The van der Waals surface area contributed by atoms with Gasteiger partial charge in [-0.2, -0.15) is 10.1 Å². The Morgan fingerprint density at radius 1 is 0.958 bits per heavy atom. The average molecular weight is 360 g/mol. The third-order valence-electron chi connectivity index (χ3n) is 3.27. The molecule has 2 N–H and O–H groups in total. The van der Waals surface area contributed by atoms with Crippen molar-refractivity contribution in [2.75, 3.05) is 17.2 Å². The van der Waals surface area contributed by atoms with E-state index in [-0.39, 0.29) is 0 Å². The molecule has 3 rings (SSSR count). The molecule has 0 amide bonds. The van der Waals surface area contributed by atoms with Crippen LogP contribution in [0.1, 0.15) is 5.56 Å². The van der Waals surface area contributed by atoms with Crippen molar-refractivity contribution in [2.45, 2.75) is 6.42 Å². The van der Waals surface area contributed by atoms with Gasteiger partial charge in [0.05, 0.1) is 6.20 Å². The maximum Gasteiger partial charge on any atom is 0.244 e. The molecular formula is C17H15Cl2N5. The molecule has 3 aromatic rings. The van der Waals surface area contributed by atoms with Crippen LogP contribution in [0.5, 0.6) is 0 Å². The van der Waals surface area contributed by atoms with Gasteiger partial charge < -0.3 is 10.6 Å². The van der Waals surface area contributed by atoms with Crippen molar-refractivity contribution in [1.29, 1.82) is 0 Å². The Morgan fingerprint density at radius 3 is 2.58 bits per heavy atom. The van der Waals surface area contributed by atoms with E-state index in [0.717, 1.165) is 17.1 Å². The molecule has 1 aromatic heterocycles. The van der Waals surface area contributed by atoms with Crippen molar-refractivity contribution >= 4 is 40.7 Å². The molecule has 0 fully saturated rings. The van der Waals surface area contributed by atoms with Crippen LogP contribution in [0, 0.1) is 0 Å². The van der Waals surface area contributed by atoms with E-state index in [9.17, 15) is 0 Å². The Kier molecular flexibility index (Phi) is 5.46. The summed E-state index contributed by atoms with van der Waals surface area (Å²) in [7, 11) is 0. The quantitative estimate of drug-likeness (QED) is 0.674. The summed E-state index contributed by atoms with van der Waals surface area (Å²) in [6.45, 7) is 0.698. The molecule has 0 spiro atoms. The van der Waals surface area contributed by atoms with Gasteiger partial charge in [-0.3, -0.25) is 0 Å². The van der Waals surface area contributed by atoms with Crippen molar-refractivity contribution in [2.24, 2.45) is 0 Å². The van der Waals surface area contributed by atoms with Gasteiger partial charge in [-0.15, -0.1) is 5.10 Å². The lowest BCUT2D eigenvalue weighted by molar-refractivity contribution is 0.929. The van der Waals surface area contributed by atoms with E-state index < -0.39 is 0 Å². The molecule has 0 bridgehead atoms. The highest BCUT2D eigenvalue weighted by atomic mass is 35.5. The molecule has 0 unspecified atom stereocenters. The minimum Gasteiger partial charge on any atom is -0.353 e. The molecule has 2 aromatic carbocycles. The molecule has 0 saturated heterocycles. The summed E-state index contributed by atoms with van der Waals surface area (Å²) < 4.78 is 0. The number of nitrogens with zero attached hydrogens (tertiary/aromatic N) is 3. The Labute approximate surface area is 150 Å². The van der Waals surface area contributed by atoms with Crippen LogP contribution in [0.2, 0.25) is 10.0 Å². The van der Waals surface area contributed by atoms with Crippen molar-refractivity contribution in [3.8, 4) is 0 Å². The number of aromatic nitrogens is 3. The molecule has 0 aliphatic rings. The van der Waals surface area contributed by atoms with Crippen molar-refractivity contribution in [3.05, 3.63) is 70.3 Å². The monoisotopic (exact) mass is 359 g/mol. The van der Waals surface area contributed by atoms with Crippen molar-refractivity contribution in [1.82, 2.24) is 15.2 Å². The minimum absolute atomic E-state index is 0.469. The van der Waals surface area contributed by atoms with Crippen molar-refractivity contribution in [3.63, 3.8) is 0 Å². The molecule has 24 heavy (non-hydrogen) atoms. The summed E-state index contributed by atoms with van der Waals surface area (Å²) in [5, 5.41) is 15.6. The predicted octanol–water partition coefficient (Wildman–Crippen LogP) is 4.58. The maximum atomic E-state index is 5.97. The number of hydrogen-bond donors (Lipinski definition) is 2. The number of hydrogen-bond acceptors (Lipinski definition) is 5. The molecule has 0 aliphatic heterocycles. The van der Waals surface area contributed by atoms with Crippen LogP contribution in [0.3, 0.4) is 0 Å².